The Morgan fingerprint density at radius 2 is 1.72 bits per heavy atom. The smallest absolute Gasteiger partial charge is 0.410 e. The summed E-state index contributed by atoms with van der Waals surface area (Å²) < 4.78 is 42.8. The molecule has 1 aromatic heterocycles. The molecule has 8 heteroatoms. The van der Waals surface area contributed by atoms with E-state index >= 15 is 0 Å². The average Bonchev–Trinajstić information content (AvgIpc) is 3.03. The number of aromatic nitrogens is 1. The highest BCUT2D eigenvalue weighted by Gasteiger charge is 2.30. The third kappa shape index (κ3) is 4.36. The Labute approximate surface area is 144 Å². The first-order valence-corrected chi connectivity index (χ1v) is 7.97. The van der Waals surface area contributed by atoms with E-state index in [-0.39, 0.29) is 5.13 Å². The van der Waals surface area contributed by atoms with Crippen LogP contribution >= 0.6 is 11.3 Å². The molecule has 25 heavy (non-hydrogen) atoms. The van der Waals surface area contributed by atoms with Crippen LogP contribution in [0.3, 0.4) is 0 Å². The zero-order valence-corrected chi connectivity index (χ0v) is 13.4. The van der Waals surface area contributed by atoms with Gasteiger partial charge in [0.25, 0.3) is 0 Å². The molecule has 0 aliphatic heterocycles. The first-order valence-electron chi connectivity index (χ1n) is 7.09. The number of carbonyl (C=O) groups is 1. The van der Waals surface area contributed by atoms with Crippen molar-refractivity contribution in [2.45, 2.75) is 6.18 Å². The van der Waals surface area contributed by atoms with E-state index in [0.29, 0.717) is 17.0 Å². The van der Waals surface area contributed by atoms with Crippen molar-refractivity contribution in [2.75, 3.05) is 5.32 Å². The van der Waals surface area contributed by atoms with Gasteiger partial charge in [0, 0.05) is 10.9 Å². The Balaban J connectivity index is 1.67. The Morgan fingerprint density at radius 1 is 1.04 bits per heavy atom. The Bertz CT molecular complexity index is 862. The second-order valence-corrected chi connectivity index (χ2v) is 5.80. The summed E-state index contributed by atoms with van der Waals surface area (Å²) in [6.07, 6.45) is -5.08. The molecule has 128 valence electrons. The van der Waals surface area contributed by atoms with Crippen LogP contribution in [0.15, 0.2) is 60.0 Å². The fourth-order valence-electron chi connectivity index (χ4n) is 2.00. The van der Waals surface area contributed by atoms with E-state index in [2.05, 4.69) is 10.3 Å². The summed E-state index contributed by atoms with van der Waals surface area (Å²) in [5, 5.41) is 4.41. The van der Waals surface area contributed by atoms with Crippen molar-refractivity contribution in [1.29, 1.82) is 0 Å². The molecule has 1 amide bonds. The highest BCUT2D eigenvalue weighted by Crippen LogP contribution is 2.31. The topological polar surface area (TPSA) is 51.2 Å². The predicted molar refractivity (Wildman–Crippen MR) is 88.6 cm³/mol. The van der Waals surface area contributed by atoms with Gasteiger partial charge in [0.1, 0.15) is 5.75 Å². The molecule has 0 radical (unpaired) electrons. The van der Waals surface area contributed by atoms with Gasteiger partial charge in [-0.3, -0.25) is 5.32 Å². The number of alkyl halides is 3. The molecule has 0 saturated heterocycles. The maximum absolute atomic E-state index is 12.6. The summed E-state index contributed by atoms with van der Waals surface area (Å²) in [5.41, 5.74) is 0.263. The normalized spacial score (nSPS) is 11.2. The standard InChI is InChI=1S/C17H11F3N2O2S/c18-17(19,20)12-8-6-11(7-9-12)14-10-25-15(21-14)22-16(23)24-13-4-2-1-3-5-13/h1-10H,(H,21,22,23). The zero-order chi connectivity index (χ0) is 17.9. The van der Waals surface area contributed by atoms with Crippen LogP contribution in [0.1, 0.15) is 5.56 Å². The lowest BCUT2D eigenvalue weighted by Crippen LogP contribution is -2.16. The van der Waals surface area contributed by atoms with Gasteiger partial charge in [0.2, 0.25) is 0 Å². The molecule has 0 fully saturated rings. The first-order chi connectivity index (χ1) is 11.9. The summed E-state index contributed by atoms with van der Waals surface area (Å²) >= 11 is 1.15. The molecule has 0 atom stereocenters. The van der Waals surface area contributed by atoms with Crippen LogP contribution in [0.4, 0.5) is 23.1 Å². The molecule has 3 aromatic rings. The molecule has 0 aliphatic carbocycles. The van der Waals surface area contributed by atoms with Gasteiger partial charge in [-0.2, -0.15) is 13.2 Å². The first kappa shape index (κ1) is 17.0. The number of anilines is 1. The maximum atomic E-state index is 12.6. The lowest BCUT2D eigenvalue weighted by Gasteiger charge is -2.06. The van der Waals surface area contributed by atoms with Crippen molar-refractivity contribution in [1.82, 2.24) is 4.98 Å². The number of amides is 1. The molecule has 0 aliphatic rings. The van der Waals surface area contributed by atoms with E-state index in [9.17, 15) is 18.0 Å². The van der Waals surface area contributed by atoms with Crippen molar-refractivity contribution in [3.05, 3.63) is 65.5 Å². The largest absolute Gasteiger partial charge is 0.418 e. The van der Waals surface area contributed by atoms with Gasteiger partial charge in [-0.15, -0.1) is 11.3 Å². The molecule has 2 aromatic carbocycles. The molecule has 1 N–H and O–H groups in total. The van der Waals surface area contributed by atoms with Crippen molar-refractivity contribution in [3.63, 3.8) is 0 Å². The summed E-state index contributed by atoms with van der Waals surface area (Å²) in [7, 11) is 0. The number of thiazole rings is 1. The SMILES string of the molecule is O=C(Nc1nc(-c2ccc(C(F)(F)F)cc2)cs1)Oc1ccccc1. The molecule has 3 rings (SSSR count). The Kier molecular flexibility index (Phi) is 4.71. The zero-order valence-electron chi connectivity index (χ0n) is 12.6. The van der Waals surface area contributed by atoms with E-state index < -0.39 is 17.8 Å². The molecule has 4 nitrogen and oxygen atoms in total. The molecular weight excluding hydrogens is 353 g/mol. The lowest BCUT2D eigenvalue weighted by molar-refractivity contribution is -0.137. The summed E-state index contributed by atoms with van der Waals surface area (Å²) in [6, 6.07) is 13.2. The minimum absolute atomic E-state index is 0.288. The van der Waals surface area contributed by atoms with E-state index in [1.54, 1.807) is 35.7 Å². The minimum Gasteiger partial charge on any atom is -0.410 e. The number of carbonyl (C=O) groups excluding carboxylic acids is 1. The summed E-state index contributed by atoms with van der Waals surface area (Å²) in [5.74, 6) is 0.388. The molecular formula is C17H11F3N2O2S. The third-order valence-corrected chi connectivity index (χ3v) is 3.93. The number of nitrogens with zero attached hydrogens (tertiary/aromatic N) is 1. The van der Waals surface area contributed by atoms with Crippen LogP contribution in [-0.2, 0) is 6.18 Å². The van der Waals surface area contributed by atoms with Crippen molar-refractivity contribution < 1.29 is 22.7 Å². The molecule has 0 saturated carbocycles. The van der Waals surface area contributed by atoms with Crippen LogP contribution < -0.4 is 10.1 Å². The average molecular weight is 364 g/mol. The van der Waals surface area contributed by atoms with Crippen LogP contribution in [0.5, 0.6) is 5.75 Å². The van der Waals surface area contributed by atoms with Gasteiger partial charge in [0.05, 0.1) is 11.3 Å². The molecule has 1 heterocycles. The van der Waals surface area contributed by atoms with E-state index in [1.807, 2.05) is 0 Å². The predicted octanol–water partition coefficient (Wildman–Crippen LogP) is 5.44. The molecule has 0 spiro atoms. The van der Waals surface area contributed by atoms with Crippen LogP contribution in [-0.4, -0.2) is 11.1 Å². The van der Waals surface area contributed by atoms with Crippen molar-refractivity contribution in [2.24, 2.45) is 0 Å². The van der Waals surface area contributed by atoms with Crippen LogP contribution in [0.25, 0.3) is 11.3 Å². The highest BCUT2D eigenvalue weighted by molar-refractivity contribution is 7.14. The third-order valence-electron chi connectivity index (χ3n) is 3.17. The summed E-state index contributed by atoms with van der Waals surface area (Å²) in [6.45, 7) is 0. The fraction of sp³-hybridized carbons (Fsp3) is 0.0588. The number of para-hydroxylation sites is 1. The van der Waals surface area contributed by atoms with Gasteiger partial charge >= 0.3 is 12.3 Å². The Morgan fingerprint density at radius 3 is 2.36 bits per heavy atom. The highest BCUT2D eigenvalue weighted by atomic mass is 32.1. The second kappa shape index (κ2) is 6.94. The van der Waals surface area contributed by atoms with Gasteiger partial charge in [-0.25, -0.2) is 9.78 Å². The number of ether oxygens (including phenoxy) is 1. The Hall–Kier alpha value is -2.87. The lowest BCUT2D eigenvalue weighted by atomic mass is 10.1. The van der Waals surface area contributed by atoms with Crippen molar-refractivity contribution in [3.8, 4) is 17.0 Å². The fourth-order valence-corrected chi connectivity index (χ4v) is 2.71. The number of rotatable bonds is 3. The number of halogens is 3. The van der Waals surface area contributed by atoms with Gasteiger partial charge in [-0.05, 0) is 24.3 Å². The number of benzene rings is 2. The van der Waals surface area contributed by atoms with E-state index in [4.69, 9.17) is 4.74 Å². The number of hydrogen-bond donors (Lipinski definition) is 1. The number of hydrogen-bond acceptors (Lipinski definition) is 4. The second-order valence-electron chi connectivity index (χ2n) is 4.94. The van der Waals surface area contributed by atoms with Crippen LogP contribution in [0.2, 0.25) is 0 Å². The minimum atomic E-state index is -4.38. The van der Waals surface area contributed by atoms with E-state index in [1.165, 1.54) is 12.1 Å². The van der Waals surface area contributed by atoms with E-state index in [0.717, 1.165) is 23.5 Å². The monoisotopic (exact) mass is 364 g/mol. The maximum Gasteiger partial charge on any atom is 0.418 e. The quantitative estimate of drug-likeness (QED) is 0.673. The summed E-state index contributed by atoms with van der Waals surface area (Å²) in [4.78, 5) is 16.0. The molecule has 0 unspecified atom stereocenters. The molecule has 0 bridgehead atoms. The van der Waals surface area contributed by atoms with Gasteiger partial charge in [0.15, 0.2) is 5.13 Å². The van der Waals surface area contributed by atoms with Crippen LogP contribution in [0, 0.1) is 0 Å². The van der Waals surface area contributed by atoms with Gasteiger partial charge in [-0.1, -0.05) is 30.3 Å². The van der Waals surface area contributed by atoms with Crippen molar-refractivity contribution >= 4 is 22.6 Å². The number of nitrogens with one attached hydrogen (secondary N) is 1. The van der Waals surface area contributed by atoms with Gasteiger partial charge < -0.3 is 4.74 Å².